The summed E-state index contributed by atoms with van der Waals surface area (Å²) in [5, 5.41) is 4.46. The Morgan fingerprint density at radius 1 is 0.933 bits per heavy atom. The molecule has 0 amide bonds. The van der Waals surface area contributed by atoms with Crippen molar-refractivity contribution in [2.75, 3.05) is 32.8 Å². The van der Waals surface area contributed by atoms with Crippen molar-refractivity contribution in [3.63, 3.8) is 0 Å². The van der Waals surface area contributed by atoms with Crippen LogP contribution in [0.5, 0.6) is 0 Å². The molecule has 0 saturated carbocycles. The highest BCUT2D eigenvalue weighted by molar-refractivity contribution is 5.77. The largest absolute Gasteiger partial charge is 0.379 e. The van der Waals surface area contributed by atoms with Crippen LogP contribution in [0.15, 0.2) is 72.0 Å². The Morgan fingerprint density at radius 3 is 2.57 bits per heavy atom. The SMILES string of the molecule is O=c1cc(-c2cnc3c(-c4ccccc4)cnn3c2)ccn1CCN1CCOCC1. The van der Waals surface area contributed by atoms with Gasteiger partial charge in [-0.2, -0.15) is 5.10 Å². The summed E-state index contributed by atoms with van der Waals surface area (Å²) >= 11 is 0. The Hall–Kier alpha value is -3.29. The minimum Gasteiger partial charge on any atom is -0.379 e. The first-order valence-electron chi connectivity index (χ1n) is 10.2. The highest BCUT2D eigenvalue weighted by atomic mass is 16.5. The van der Waals surface area contributed by atoms with Gasteiger partial charge in [-0.25, -0.2) is 9.50 Å². The van der Waals surface area contributed by atoms with E-state index in [1.54, 1.807) is 21.3 Å². The third kappa shape index (κ3) is 3.77. The molecule has 7 heteroatoms. The zero-order valence-electron chi connectivity index (χ0n) is 16.6. The van der Waals surface area contributed by atoms with Crippen molar-refractivity contribution >= 4 is 5.65 Å². The van der Waals surface area contributed by atoms with Crippen LogP contribution < -0.4 is 5.56 Å². The molecule has 1 aliphatic heterocycles. The number of aromatic nitrogens is 4. The zero-order valence-corrected chi connectivity index (χ0v) is 16.6. The van der Waals surface area contributed by atoms with Gasteiger partial charge >= 0.3 is 0 Å². The van der Waals surface area contributed by atoms with E-state index in [1.165, 1.54) is 0 Å². The summed E-state index contributed by atoms with van der Waals surface area (Å²) in [7, 11) is 0. The highest BCUT2D eigenvalue weighted by Gasteiger charge is 2.12. The maximum atomic E-state index is 12.6. The second-order valence-corrected chi connectivity index (χ2v) is 7.44. The van der Waals surface area contributed by atoms with Crippen LogP contribution in [-0.4, -0.2) is 56.9 Å². The van der Waals surface area contributed by atoms with Crippen molar-refractivity contribution in [3.8, 4) is 22.3 Å². The molecule has 30 heavy (non-hydrogen) atoms. The van der Waals surface area contributed by atoms with Gasteiger partial charge in [0.1, 0.15) is 0 Å². The first kappa shape index (κ1) is 18.7. The minimum absolute atomic E-state index is 0.00806. The molecular weight excluding hydrogens is 378 g/mol. The predicted octanol–water partition coefficient (Wildman–Crippen LogP) is 2.56. The van der Waals surface area contributed by atoms with Crippen LogP contribution in [-0.2, 0) is 11.3 Å². The fourth-order valence-electron chi connectivity index (χ4n) is 3.79. The number of hydrogen-bond acceptors (Lipinski definition) is 5. The van der Waals surface area contributed by atoms with E-state index in [0.29, 0.717) is 6.54 Å². The number of ether oxygens (including phenoxy) is 1. The van der Waals surface area contributed by atoms with Crippen LogP contribution in [0.1, 0.15) is 0 Å². The third-order valence-electron chi connectivity index (χ3n) is 5.53. The first-order valence-corrected chi connectivity index (χ1v) is 10.2. The second-order valence-electron chi connectivity index (χ2n) is 7.44. The molecule has 1 fully saturated rings. The topological polar surface area (TPSA) is 64.7 Å². The molecule has 0 N–H and O–H groups in total. The lowest BCUT2D eigenvalue weighted by Crippen LogP contribution is -2.39. The number of benzene rings is 1. The van der Waals surface area contributed by atoms with Crippen LogP contribution >= 0.6 is 0 Å². The Balaban J connectivity index is 1.37. The summed E-state index contributed by atoms with van der Waals surface area (Å²) in [6.07, 6.45) is 7.41. The van der Waals surface area contributed by atoms with Gasteiger partial charge in [0.05, 0.1) is 19.4 Å². The summed E-state index contributed by atoms with van der Waals surface area (Å²) in [5.74, 6) is 0. The molecule has 4 heterocycles. The molecular formula is C23H23N5O2. The van der Waals surface area contributed by atoms with Gasteiger partial charge in [-0.05, 0) is 17.2 Å². The summed E-state index contributed by atoms with van der Waals surface area (Å²) in [5.41, 5.74) is 4.56. The molecule has 7 nitrogen and oxygen atoms in total. The van der Waals surface area contributed by atoms with Crippen molar-refractivity contribution in [3.05, 3.63) is 77.6 Å². The molecule has 1 aliphatic rings. The molecule has 152 valence electrons. The van der Waals surface area contributed by atoms with Gasteiger partial charge in [0.2, 0.25) is 0 Å². The number of fused-ring (bicyclic) bond motifs is 1. The molecule has 4 aromatic rings. The smallest absolute Gasteiger partial charge is 0.251 e. The monoisotopic (exact) mass is 401 g/mol. The fourth-order valence-corrected chi connectivity index (χ4v) is 3.79. The molecule has 0 atom stereocenters. The molecule has 0 aliphatic carbocycles. The van der Waals surface area contributed by atoms with Gasteiger partial charge in [0.25, 0.3) is 5.56 Å². The second kappa shape index (κ2) is 8.22. The summed E-state index contributed by atoms with van der Waals surface area (Å²) < 4.78 is 8.90. The average molecular weight is 401 g/mol. The summed E-state index contributed by atoms with van der Waals surface area (Å²) in [6.45, 7) is 4.91. The van der Waals surface area contributed by atoms with E-state index in [-0.39, 0.29) is 5.56 Å². The Kier molecular flexibility index (Phi) is 5.13. The molecule has 0 unspecified atom stereocenters. The molecule has 0 radical (unpaired) electrons. The molecule has 3 aromatic heterocycles. The average Bonchev–Trinajstić information content (AvgIpc) is 3.23. The van der Waals surface area contributed by atoms with Gasteiger partial charge in [0, 0.05) is 62.0 Å². The van der Waals surface area contributed by atoms with Gasteiger partial charge in [-0.1, -0.05) is 30.3 Å². The quantitative estimate of drug-likeness (QED) is 0.514. The zero-order chi connectivity index (χ0) is 20.3. The minimum atomic E-state index is -0.00806. The Morgan fingerprint density at radius 2 is 1.77 bits per heavy atom. The lowest BCUT2D eigenvalue weighted by molar-refractivity contribution is 0.0363. The number of nitrogens with zero attached hydrogens (tertiary/aromatic N) is 5. The number of rotatable bonds is 5. The maximum absolute atomic E-state index is 12.6. The van der Waals surface area contributed by atoms with Crippen molar-refractivity contribution in [1.82, 2.24) is 24.1 Å². The maximum Gasteiger partial charge on any atom is 0.251 e. The van der Waals surface area contributed by atoms with Gasteiger partial charge < -0.3 is 9.30 Å². The van der Waals surface area contributed by atoms with Crippen molar-refractivity contribution in [1.29, 1.82) is 0 Å². The van der Waals surface area contributed by atoms with E-state index in [9.17, 15) is 4.79 Å². The molecule has 0 bridgehead atoms. The van der Waals surface area contributed by atoms with E-state index >= 15 is 0 Å². The van der Waals surface area contributed by atoms with Crippen molar-refractivity contribution in [2.45, 2.75) is 6.54 Å². The van der Waals surface area contributed by atoms with Crippen molar-refractivity contribution < 1.29 is 4.74 Å². The van der Waals surface area contributed by atoms with E-state index in [4.69, 9.17) is 4.74 Å². The third-order valence-corrected chi connectivity index (χ3v) is 5.53. The lowest BCUT2D eigenvalue weighted by Gasteiger charge is -2.26. The lowest BCUT2D eigenvalue weighted by atomic mass is 10.1. The molecule has 0 spiro atoms. The van der Waals surface area contributed by atoms with Crippen LogP contribution in [0.25, 0.3) is 27.9 Å². The first-order chi connectivity index (χ1) is 14.8. The Bertz CT molecular complexity index is 1210. The number of hydrogen-bond donors (Lipinski definition) is 0. The van der Waals surface area contributed by atoms with Crippen LogP contribution in [0.4, 0.5) is 0 Å². The van der Waals surface area contributed by atoms with Crippen LogP contribution in [0.2, 0.25) is 0 Å². The highest BCUT2D eigenvalue weighted by Crippen LogP contribution is 2.24. The van der Waals surface area contributed by atoms with E-state index in [2.05, 4.69) is 15.0 Å². The van der Waals surface area contributed by atoms with Crippen LogP contribution in [0, 0.1) is 0 Å². The van der Waals surface area contributed by atoms with E-state index < -0.39 is 0 Å². The van der Waals surface area contributed by atoms with Gasteiger partial charge in [0.15, 0.2) is 5.65 Å². The van der Waals surface area contributed by atoms with Gasteiger partial charge in [-0.15, -0.1) is 0 Å². The molecule has 1 aromatic carbocycles. The fraction of sp³-hybridized carbons (Fsp3) is 0.261. The number of morpholine rings is 1. The summed E-state index contributed by atoms with van der Waals surface area (Å²) in [6, 6.07) is 13.7. The van der Waals surface area contributed by atoms with E-state index in [0.717, 1.165) is 60.7 Å². The van der Waals surface area contributed by atoms with Gasteiger partial charge in [-0.3, -0.25) is 9.69 Å². The predicted molar refractivity (Wildman–Crippen MR) is 115 cm³/mol. The standard InChI is InChI=1S/C23H23N5O2/c29-22-14-19(6-7-27(22)9-8-26-10-12-30-13-11-26)20-15-24-23-21(16-25-28(23)17-20)18-4-2-1-3-5-18/h1-7,14-17H,8-13H2. The summed E-state index contributed by atoms with van der Waals surface area (Å²) in [4.78, 5) is 19.6. The Labute approximate surface area is 174 Å². The van der Waals surface area contributed by atoms with Crippen molar-refractivity contribution in [2.24, 2.45) is 0 Å². The molecule has 5 rings (SSSR count). The molecule has 1 saturated heterocycles. The van der Waals surface area contributed by atoms with E-state index in [1.807, 2.05) is 55.0 Å². The normalized spacial score (nSPS) is 14.9. The van der Waals surface area contributed by atoms with Crippen LogP contribution in [0.3, 0.4) is 0 Å². The number of pyridine rings is 1.